The van der Waals surface area contributed by atoms with Crippen LogP contribution < -0.4 is 11.4 Å². The maximum atomic E-state index is 4.76. The largest absolute Gasteiger partial charge is 0.217 e. The van der Waals surface area contributed by atoms with Crippen LogP contribution in [0.2, 0.25) is 0 Å². The highest BCUT2D eigenvalue weighted by Gasteiger charge is 1.97. The van der Waals surface area contributed by atoms with Crippen molar-refractivity contribution in [3.05, 3.63) is 0 Å². The van der Waals surface area contributed by atoms with Crippen LogP contribution in [-0.2, 0) is 4.94 Å². The molecule has 0 fully saturated rings. The smallest absolute Gasteiger partial charge is 0.0254 e. The van der Waals surface area contributed by atoms with Crippen LogP contribution in [-0.4, -0.2) is 6.54 Å². The molecule has 0 heterocycles. The highest BCUT2D eigenvalue weighted by molar-refractivity contribution is 4.50. The SMILES string of the molecule is CCCC(C)CNON. The summed E-state index contributed by atoms with van der Waals surface area (Å²) in [6.07, 6.45) is 2.43. The van der Waals surface area contributed by atoms with Gasteiger partial charge in [0.05, 0.1) is 0 Å². The second kappa shape index (κ2) is 6.01. The minimum atomic E-state index is 0.651. The van der Waals surface area contributed by atoms with Crippen molar-refractivity contribution in [1.29, 1.82) is 0 Å². The Balaban J connectivity index is 2.95. The monoisotopic (exact) mass is 132 g/mol. The van der Waals surface area contributed by atoms with Gasteiger partial charge in [0, 0.05) is 6.54 Å². The van der Waals surface area contributed by atoms with E-state index in [1.54, 1.807) is 0 Å². The quantitative estimate of drug-likeness (QED) is 0.544. The van der Waals surface area contributed by atoms with Crippen LogP contribution >= 0.6 is 0 Å². The summed E-state index contributed by atoms with van der Waals surface area (Å²) in [7, 11) is 0. The van der Waals surface area contributed by atoms with Crippen molar-refractivity contribution < 1.29 is 4.94 Å². The normalized spacial score (nSPS) is 13.7. The summed E-state index contributed by atoms with van der Waals surface area (Å²) >= 11 is 0. The van der Waals surface area contributed by atoms with E-state index in [2.05, 4.69) is 24.3 Å². The van der Waals surface area contributed by atoms with Gasteiger partial charge in [-0.15, -0.1) is 0 Å². The number of rotatable bonds is 5. The molecule has 56 valence electrons. The van der Waals surface area contributed by atoms with Gasteiger partial charge in [-0.25, -0.2) is 4.94 Å². The fourth-order valence-corrected chi connectivity index (χ4v) is 0.785. The molecule has 0 amide bonds. The molecule has 3 N–H and O–H groups in total. The van der Waals surface area contributed by atoms with Gasteiger partial charge in [0.15, 0.2) is 0 Å². The van der Waals surface area contributed by atoms with Gasteiger partial charge < -0.3 is 0 Å². The second-order valence-corrected chi connectivity index (χ2v) is 2.36. The average Bonchev–Trinajstić information content (AvgIpc) is 1.85. The van der Waals surface area contributed by atoms with Crippen LogP contribution in [0.3, 0.4) is 0 Å². The molecule has 9 heavy (non-hydrogen) atoms. The molecule has 1 unspecified atom stereocenters. The van der Waals surface area contributed by atoms with Gasteiger partial charge in [-0.2, -0.15) is 11.4 Å². The molecule has 0 aliphatic carbocycles. The number of hydrogen-bond donors (Lipinski definition) is 2. The van der Waals surface area contributed by atoms with Crippen LogP contribution in [0.25, 0.3) is 0 Å². The molecular weight excluding hydrogens is 116 g/mol. The molecule has 0 aliphatic heterocycles. The van der Waals surface area contributed by atoms with Crippen LogP contribution in [0.5, 0.6) is 0 Å². The van der Waals surface area contributed by atoms with Gasteiger partial charge in [-0.05, 0) is 12.3 Å². The van der Waals surface area contributed by atoms with Gasteiger partial charge >= 0.3 is 0 Å². The Morgan fingerprint density at radius 1 is 1.67 bits per heavy atom. The van der Waals surface area contributed by atoms with Crippen molar-refractivity contribution in [3.63, 3.8) is 0 Å². The Morgan fingerprint density at radius 3 is 2.78 bits per heavy atom. The van der Waals surface area contributed by atoms with E-state index >= 15 is 0 Å². The summed E-state index contributed by atoms with van der Waals surface area (Å²) in [5, 5.41) is 0. The topological polar surface area (TPSA) is 47.3 Å². The summed E-state index contributed by atoms with van der Waals surface area (Å²) < 4.78 is 0. The van der Waals surface area contributed by atoms with Crippen LogP contribution in [0.4, 0.5) is 0 Å². The Kier molecular flexibility index (Phi) is 5.93. The highest BCUT2D eigenvalue weighted by Crippen LogP contribution is 2.01. The van der Waals surface area contributed by atoms with Crippen LogP contribution in [0.1, 0.15) is 26.7 Å². The highest BCUT2D eigenvalue weighted by atomic mass is 16.8. The number of hydroxylamine groups is 1. The molecule has 0 aromatic heterocycles. The molecule has 0 bridgehead atoms. The van der Waals surface area contributed by atoms with Gasteiger partial charge in [-0.1, -0.05) is 20.3 Å². The predicted molar refractivity (Wildman–Crippen MR) is 37.3 cm³/mol. The lowest BCUT2D eigenvalue weighted by atomic mass is 10.1. The molecule has 0 rings (SSSR count). The summed E-state index contributed by atoms with van der Waals surface area (Å²) in [5.41, 5.74) is 2.61. The molecule has 0 saturated carbocycles. The lowest BCUT2D eigenvalue weighted by molar-refractivity contribution is 0.0325. The Bertz CT molecular complexity index is 59.0. The Hall–Kier alpha value is -0.120. The van der Waals surface area contributed by atoms with E-state index in [4.69, 9.17) is 5.90 Å². The summed E-state index contributed by atoms with van der Waals surface area (Å²) in [6.45, 7) is 5.17. The first-order valence-corrected chi connectivity index (χ1v) is 3.39. The molecule has 0 saturated heterocycles. The van der Waals surface area contributed by atoms with Gasteiger partial charge in [0.1, 0.15) is 0 Å². The Morgan fingerprint density at radius 2 is 2.33 bits per heavy atom. The van der Waals surface area contributed by atoms with Crippen molar-refractivity contribution in [2.45, 2.75) is 26.7 Å². The molecule has 3 nitrogen and oxygen atoms in total. The molecule has 0 radical (unpaired) electrons. The van der Waals surface area contributed by atoms with Crippen LogP contribution in [0, 0.1) is 5.92 Å². The fourth-order valence-electron chi connectivity index (χ4n) is 0.785. The number of hydrogen-bond acceptors (Lipinski definition) is 3. The van der Waals surface area contributed by atoms with Crippen molar-refractivity contribution in [3.8, 4) is 0 Å². The van der Waals surface area contributed by atoms with Crippen molar-refractivity contribution in [2.24, 2.45) is 11.8 Å². The van der Waals surface area contributed by atoms with Crippen molar-refractivity contribution in [1.82, 2.24) is 5.48 Å². The standard InChI is InChI=1S/C6H16N2O/c1-3-4-6(2)5-8-9-7/h6,8H,3-5,7H2,1-2H3. The number of nitrogens with one attached hydrogen (secondary N) is 1. The zero-order valence-corrected chi connectivity index (χ0v) is 6.18. The molecule has 0 aromatic rings. The molecule has 0 aliphatic rings. The first-order chi connectivity index (χ1) is 4.31. The first kappa shape index (κ1) is 8.88. The minimum absolute atomic E-state index is 0.651. The first-order valence-electron chi connectivity index (χ1n) is 3.39. The van der Waals surface area contributed by atoms with E-state index in [9.17, 15) is 0 Å². The van der Waals surface area contributed by atoms with Crippen LogP contribution in [0.15, 0.2) is 0 Å². The molecule has 1 atom stereocenters. The maximum Gasteiger partial charge on any atom is 0.0254 e. The fraction of sp³-hybridized carbons (Fsp3) is 1.00. The summed E-state index contributed by atoms with van der Waals surface area (Å²) in [5.74, 6) is 5.41. The van der Waals surface area contributed by atoms with Gasteiger partial charge in [0.25, 0.3) is 0 Å². The van der Waals surface area contributed by atoms with E-state index in [0.29, 0.717) is 5.92 Å². The molecule has 0 spiro atoms. The predicted octanol–water partition coefficient (Wildman–Crippen LogP) is 0.818. The lowest BCUT2D eigenvalue weighted by Crippen LogP contribution is -2.24. The zero-order valence-electron chi connectivity index (χ0n) is 6.18. The van der Waals surface area contributed by atoms with Gasteiger partial charge in [-0.3, -0.25) is 0 Å². The average molecular weight is 132 g/mol. The third-order valence-corrected chi connectivity index (χ3v) is 1.30. The van der Waals surface area contributed by atoms with E-state index in [1.165, 1.54) is 12.8 Å². The van der Waals surface area contributed by atoms with Crippen molar-refractivity contribution >= 4 is 0 Å². The van der Waals surface area contributed by atoms with Gasteiger partial charge in [0.2, 0.25) is 0 Å². The number of nitrogens with two attached hydrogens (primary N) is 1. The van der Waals surface area contributed by atoms with E-state index in [-0.39, 0.29) is 0 Å². The maximum absolute atomic E-state index is 4.76. The Labute approximate surface area is 56.5 Å². The lowest BCUT2D eigenvalue weighted by Gasteiger charge is -2.07. The molecule has 3 heteroatoms. The summed E-state index contributed by atoms with van der Waals surface area (Å²) in [6, 6.07) is 0. The minimum Gasteiger partial charge on any atom is -0.217 e. The second-order valence-electron chi connectivity index (χ2n) is 2.36. The van der Waals surface area contributed by atoms with E-state index in [0.717, 1.165) is 6.54 Å². The molecular formula is C6H16N2O. The van der Waals surface area contributed by atoms with E-state index in [1.807, 2.05) is 0 Å². The van der Waals surface area contributed by atoms with Crippen molar-refractivity contribution in [2.75, 3.05) is 6.54 Å². The molecule has 0 aromatic carbocycles. The van der Waals surface area contributed by atoms with E-state index < -0.39 is 0 Å². The third kappa shape index (κ3) is 5.76. The summed E-state index contributed by atoms with van der Waals surface area (Å²) in [4.78, 5) is 4.21. The third-order valence-electron chi connectivity index (χ3n) is 1.30. The zero-order chi connectivity index (χ0) is 7.11.